The van der Waals surface area contributed by atoms with E-state index in [-0.39, 0.29) is 5.75 Å². The van der Waals surface area contributed by atoms with Crippen LogP contribution in [0.5, 0.6) is 0 Å². The summed E-state index contributed by atoms with van der Waals surface area (Å²) in [6.45, 7) is 0. The number of nitrogens with zero attached hydrogens (tertiary/aromatic N) is 3. The van der Waals surface area contributed by atoms with Gasteiger partial charge in [-0.1, -0.05) is 29.4 Å². The molecule has 0 atom stereocenters. The van der Waals surface area contributed by atoms with Gasteiger partial charge in [0.2, 0.25) is 5.91 Å². The van der Waals surface area contributed by atoms with Crippen LogP contribution in [0.25, 0.3) is 5.69 Å². The topological polar surface area (TPSA) is 73.8 Å². The minimum absolute atomic E-state index is 0.166. The molecule has 17 heavy (non-hydrogen) atoms. The predicted octanol–water partition coefficient (Wildman–Crippen LogP) is 1.50. The second-order valence-electron chi connectivity index (χ2n) is 3.22. The van der Waals surface area contributed by atoms with Gasteiger partial charge < -0.3 is 5.73 Å². The molecule has 1 aromatic carbocycles. The molecule has 0 saturated carbocycles. The van der Waals surface area contributed by atoms with Gasteiger partial charge in [-0.25, -0.2) is 0 Å². The zero-order valence-corrected chi connectivity index (χ0v) is 10.3. The Labute approximate surface area is 107 Å². The fourth-order valence-electron chi connectivity index (χ4n) is 1.26. The highest BCUT2D eigenvalue weighted by Crippen LogP contribution is 2.21. The first-order valence-corrected chi connectivity index (χ1v) is 6.10. The van der Waals surface area contributed by atoms with Crippen molar-refractivity contribution in [1.29, 1.82) is 0 Å². The summed E-state index contributed by atoms with van der Waals surface area (Å²) in [5.41, 5.74) is 5.93. The lowest BCUT2D eigenvalue weighted by Gasteiger charge is -2.05. The molecule has 2 N–H and O–H groups in total. The molecule has 1 amide bonds. The van der Waals surface area contributed by atoms with Crippen LogP contribution >= 0.6 is 23.4 Å². The van der Waals surface area contributed by atoms with Gasteiger partial charge in [0.1, 0.15) is 6.33 Å². The van der Waals surface area contributed by atoms with Gasteiger partial charge in [-0.3, -0.25) is 9.36 Å². The van der Waals surface area contributed by atoms with Gasteiger partial charge >= 0.3 is 0 Å². The molecule has 0 unspecified atom stereocenters. The average Bonchev–Trinajstić information content (AvgIpc) is 2.74. The summed E-state index contributed by atoms with van der Waals surface area (Å²) < 4.78 is 1.75. The van der Waals surface area contributed by atoms with Gasteiger partial charge in [0.15, 0.2) is 5.16 Å². The van der Waals surface area contributed by atoms with Crippen molar-refractivity contribution in [1.82, 2.24) is 14.8 Å². The maximum absolute atomic E-state index is 10.7. The first-order valence-electron chi connectivity index (χ1n) is 4.74. The number of halogens is 1. The summed E-state index contributed by atoms with van der Waals surface area (Å²) in [6.07, 6.45) is 1.56. The fraction of sp³-hybridized carbons (Fsp3) is 0.100. The molecule has 0 aliphatic rings. The van der Waals surface area contributed by atoms with Crippen molar-refractivity contribution in [3.8, 4) is 5.69 Å². The van der Waals surface area contributed by atoms with E-state index in [9.17, 15) is 4.79 Å². The third kappa shape index (κ3) is 2.98. The Morgan fingerprint density at radius 2 is 2.35 bits per heavy atom. The lowest BCUT2D eigenvalue weighted by Crippen LogP contribution is -2.13. The number of benzene rings is 1. The van der Waals surface area contributed by atoms with Crippen molar-refractivity contribution in [2.75, 3.05) is 5.75 Å². The molecule has 0 saturated heterocycles. The number of carbonyl (C=O) groups excluding carboxylic acids is 1. The van der Waals surface area contributed by atoms with E-state index in [1.165, 1.54) is 11.8 Å². The van der Waals surface area contributed by atoms with E-state index in [0.717, 1.165) is 5.69 Å². The molecule has 88 valence electrons. The molecule has 0 aliphatic heterocycles. The van der Waals surface area contributed by atoms with Crippen LogP contribution < -0.4 is 5.73 Å². The summed E-state index contributed by atoms with van der Waals surface area (Å²) in [5.74, 6) is -0.227. The third-order valence-corrected chi connectivity index (χ3v) is 3.15. The number of primary amides is 1. The standard InChI is InChI=1S/C10H9ClN4OS/c11-7-2-1-3-8(4-7)15-6-13-14-10(15)17-5-9(12)16/h1-4,6H,5H2,(H2,12,16). The molecule has 0 fully saturated rings. The molecule has 0 spiro atoms. The van der Waals surface area contributed by atoms with Crippen molar-refractivity contribution in [2.24, 2.45) is 5.73 Å². The van der Waals surface area contributed by atoms with Crippen LogP contribution in [-0.4, -0.2) is 26.4 Å². The monoisotopic (exact) mass is 268 g/mol. The van der Waals surface area contributed by atoms with Crippen LogP contribution in [0.15, 0.2) is 35.7 Å². The third-order valence-electron chi connectivity index (χ3n) is 1.95. The molecule has 0 bridgehead atoms. The van der Waals surface area contributed by atoms with Crippen LogP contribution in [0.2, 0.25) is 5.02 Å². The van der Waals surface area contributed by atoms with E-state index in [1.54, 1.807) is 23.0 Å². The summed E-state index contributed by atoms with van der Waals surface area (Å²) in [5, 5.41) is 8.95. The minimum atomic E-state index is -0.393. The lowest BCUT2D eigenvalue weighted by atomic mass is 10.3. The van der Waals surface area contributed by atoms with Crippen LogP contribution in [0.1, 0.15) is 0 Å². The number of rotatable bonds is 4. The van der Waals surface area contributed by atoms with Gasteiger partial charge in [-0.15, -0.1) is 10.2 Å². The Balaban J connectivity index is 2.27. The van der Waals surface area contributed by atoms with Gasteiger partial charge in [0, 0.05) is 5.02 Å². The van der Waals surface area contributed by atoms with E-state index in [4.69, 9.17) is 17.3 Å². The van der Waals surface area contributed by atoms with Crippen molar-refractivity contribution < 1.29 is 4.79 Å². The second kappa shape index (κ2) is 5.20. The van der Waals surface area contributed by atoms with Gasteiger partial charge in [0.05, 0.1) is 11.4 Å². The molecule has 7 heteroatoms. The van der Waals surface area contributed by atoms with Crippen molar-refractivity contribution in [3.05, 3.63) is 35.6 Å². The Hall–Kier alpha value is -1.53. The van der Waals surface area contributed by atoms with Gasteiger partial charge in [-0.05, 0) is 18.2 Å². The fourth-order valence-corrected chi connectivity index (χ4v) is 2.11. The number of nitrogens with two attached hydrogens (primary N) is 1. The summed E-state index contributed by atoms with van der Waals surface area (Å²) >= 11 is 7.14. The molecule has 5 nitrogen and oxygen atoms in total. The van der Waals surface area contributed by atoms with E-state index >= 15 is 0 Å². The summed E-state index contributed by atoms with van der Waals surface area (Å²) in [7, 11) is 0. The SMILES string of the molecule is NC(=O)CSc1nncn1-c1cccc(Cl)c1. The second-order valence-corrected chi connectivity index (χ2v) is 4.60. The largest absolute Gasteiger partial charge is 0.369 e. The van der Waals surface area contributed by atoms with E-state index in [0.29, 0.717) is 10.2 Å². The highest BCUT2D eigenvalue weighted by molar-refractivity contribution is 7.99. The number of thioether (sulfide) groups is 1. The minimum Gasteiger partial charge on any atom is -0.369 e. The molecule has 0 radical (unpaired) electrons. The number of carbonyl (C=O) groups is 1. The highest BCUT2D eigenvalue weighted by atomic mass is 35.5. The zero-order valence-electron chi connectivity index (χ0n) is 8.71. The normalized spacial score (nSPS) is 10.4. The quantitative estimate of drug-likeness (QED) is 0.853. The first kappa shape index (κ1) is 11.9. The van der Waals surface area contributed by atoms with E-state index in [1.807, 2.05) is 12.1 Å². The predicted molar refractivity (Wildman–Crippen MR) is 66.3 cm³/mol. The molecule has 2 aromatic rings. The number of hydrogen-bond acceptors (Lipinski definition) is 4. The van der Waals surface area contributed by atoms with Crippen molar-refractivity contribution in [2.45, 2.75) is 5.16 Å². The average molecular weight is 269 g/mol. The van der Waals surface area contributed by atoms with E-state index < -0.39 is 5.91 Å². The lowest BCUT2D eigenvalue weighted by molar-refractivity contribution is -0.115. The molecule has 1 heterocycles. The Morgan fingerprint density at radius 3 is 3.06 bits per heavy atom. The molecular formula is C10H9ClN4OS. The molecule has 1 aromatic heterocycles. The molecule has 2 rings (SSSR count). The zero-order chi connectivity index (χ0) is 12.3. The van der Waals surface area contributed by atoms with Crippen molar-refractivity contribution >= 4 is 29.3 Å². The van der Waals surface area contributed by atoms with Crippen LogP contribution in [0, 0.1) is 0 Å². The maximum Gasteiger partial charge on any atom is 0.227 e. The molecular weight excluding hydrogens is 260 g/mol. The van der Waals surface area contributed by atoms with Gasteiger partial charge in [-0.2, -0.15) is 0 Å². The summed E-state index contributed by atoms with van der Waals surface area (Å²) in [6, 6.07) is 7.29. The number of hydrogen-bond donors (Lipinski definition) is 1. The maximum atomic E-state index is 10.7. The van der Waals surface area contributed by atoms with Gasteiger partial charge in [0.25, 0.3) is 0 Å². The van der Waals surface area contributed by atoms with E-state index in [2.05, 4.69) is 10.2 Å². The molecule has 0 aliphatic carbocycles. The van der Waals surface area contributed by atoms with Crippen molar-refractivity contribution in [3.63, 3.8) is 0 Å². The van der Waals surface area contributed by atoms with Crippen LogP contribution in [-0.2, 0) is 4.79 Å². The number of amides is 1. The highest BCUT2D eigenvalue weighted by Gasteiger charge is 2.08. The Bertz CT molecular complexity index is 543. The number of aromatic nitrogens is 3. The Kier molecular flexibility index (Phi) is 3.65. The van der Waals surface area contributed by atoms with Crippen LogP contribution in [0.4, 0.5) is 0 Å². The first-order chi connectivity index (χ1) is 8.16. The van der Waals surface area contributed by atoms with Crippen LogP contribution in [0.3, 0.4) is 0 Å². The Morgan fingerprint density at radius 1 is 1.53 bits per heavy atom. The smallest absolute Gasteiger partial charge is 0.227 e. The summed E-state index contributed by atoms with van der Waals surface area (Å²) in [4.78, 5) is 10.7.